The first kappa shape index (κ1) is 15.9. The molecule has 0 heterocycles. The molecule has 0 aliphatic rings. The number of amides is 1. The zero-order valence-electron chi connectivity index (χ0n) is 11.0. The van der Waals surface area contributed by atoms with E-state index in [2.05, 4.69) is 29.8 Å². The normalized spacial score (nSPS) is 13.2. The Bertz CT molecular complexity index is 207. The van der Waals surface area contributed by atoms with E-state index in [0.717, 1.165) is 6.54 Å². The summed E-state index contributed by atoms with van der Waals surface area (Å²) in [6.07, 6.45) is 0. The van der Waals surface area contributed by atoms with Crippen molar-refractivity contribution in [1.29, 1.82) is 0 Å². The lowest BCUT2D eigenvalue weighted by molar-refractivity contribution is -0.132. The lowest BCUT2D eigenvalue weighted by atomic mass is 10.1. The molecular weight excluding hydrogens is 270 g/mol. The van der Waals surface area contributed by atoms with Crippen molar-refractivity contribution in [2.24, 2.45) is 11.8 Å². The third-order valence-corrected chi connectivity index (χ3v) is 3.73. The zero-order valence-corrected chi connectivity index (χ0v) is 12.6. The van der Waals surface area contributed by atoms with Crippen LogP contribution >= 0.6 is 15.9 Å². The molecule has 0 bridgehead atoms. The van der Waals surface area contributed by atoms with E-state index in [1.54, 1.807) is 7.11 Å². The SMILES string of the molecule is COCCN(CC(C)C)C(=O)C(Br)C(C)C. The molecule has 0 aliphatic heterocycles. The molecule has 1 unspecified atom stereocenters. The summed E-state index contributed by atoms with van der Waals surface area (Å²) in [5.41, 5.74) is 0. The third kappa shape index (κ3) is 5.85. The van der Waals surface area contributed by atoms with Gasteiger partial charge in [0.1, 0.15) is 0 Å². The number of carbonyl (C=O) groups excluding carboxylic acids is 1. The Balaban J connectivity index is 4.42. The molecule has 0 N–H and O–H groups in total. The molecule has 3 nitrogen and oxygen atoms in total. The van der Waals surface area contributed by atoms with Crippen molar-refractivity contribution in [3.8, 4) is 0 Å². The highest BCUT2D eigenvalue weighted by Crippen LogP contribution is 2.16. The molecule has 0 spiro atoms. The zero-order chi connectivity index (χ0) is 12.7. The number of methoxy groups -OCH3 is 1. The summed E-state index contributed by atoms with van der Waals surface area (Å²) in [4.78, 5) is 13.9. The van der Waals surface area contributed by atoms with Crippen LogP contribution in [0.25, 0.3) is 0 Å². The van der Waals surface area contributed by atoms with Crippen molar-refractivity contribution in [2.45, 2.75) is 32.5 Å². The lowest BCUT2D eigenvalue weighted by Gasteiger charge is -2.27. The highest BCUT2D eigenvalue weighted by molar-refractivity contribution is 9.10. The number of alkyl halides is 1. The van der Waals surface area contributed by atoms with Gasteiger partial charge in [-0.1, -0.05) is 43.6 Å². The largest absolute Gasteiger partial charge is 0.383 e. The number of hydrogen-bond donors (Lipinski definition) is 0. The second-order valence-electron chi connectivity index (χ2n) is 4.82. The summed E-state index contributed by atoms with van der Waals surface area (Å²) in [6, 6.07) is 0. The number of ether oxygens (including phenoxy) is 1. The van der Waals surface area contributed by atoms with E-state index in [9.17, 15) is 4.79 Å². The second kappa shape index (κ2) is 8.07. The molecule has 0 aromatic heterocycles. The monoisotopic (exact) mass is 293 g/mol. The fourth-order valence-corrected chi connectivity index (χ4v) is 1.68. The van der Waals surface area contributed by atoms with Gasteiger partial charge in [0.05, 0.1) is 11.4 Å². The molecule has 0 aliphatic carbocycles. The maximum Gasteiger partial charge on any atom is 0.236 e. The van der Waals surface area contributed by atoms with Crippen LogP contribution in [0.5, 0.6) is 0 Å². The van der Waals surface area contributed by atoms with Crippen LogP contribution in [0.4, 0.5) is 0 Å². The van der Waals surface area contributed by atoms with E-state index >= 15 is 0 Å². The molecule has 0 aromatic rings. The number of carbonyl (C=O) groups is 1. The molecule has 0 radical (unpaired) electrons. The van der Waals surface area contributed by atoms with Gasteiger partial charge in [-0.2, -0.15) is 0 Å². The van der Waals surface area contributed by atoms with Gasteiger partial charge in [-0.25, -0.2) is 0 Å². The molecule has 1 atom stereocenters. The minimum Gasteiger partial charge on any atom is -0.383 e. The lowest BCUT2D eigenvalue weighted by Crippen LogP contribution is -2.42. The van der Waals surface area contributed by atoms with E-state index in [-0.39, 0.29) is 10.7 Å². The highest BCUT2D eigenvalue weighted by atomic mass is 79.9. The summed E-state index contributed by atoms with van der Waals surface area (Å²) in [6.45, 7) is 10.4. The molecule has 0 fully saturated rings. The van der Waals surface area contributed by atoms with Crippen molar-refractivity contribution < 1.29 is 9.53 Å². The minimum absolute atomic E-state index is 0.0943. The summed E-state index contributed by atoms with van der Waals surface area (Å²) in [7, 11) is 1.66. The minimum atomic E-state index is -0.0943. The van der Waals surface area contributed by atoms with Gasteiger partial charge in [0.2, 0.25) is 5.91 Å². The van der Waals surface area contributed by atoms with Crippen molar-refractivity contribution in [1.82, 2.24) is 4.90 Å². The number of rotatable bonds is 7. The molecule has 0 rings (SSSR count). The predicted molar refractivity (Wildman–Crippen MR) is 70.8 cm³/mol. The second-order valence-corrected chi connectivity index (χ2v) is 5.80. The standard InChI is InChI=1S/C12H24BrNO2/c1-9(2)8-14(6-7-16-5)12(15)11(13)10(3)4/h9-11H,6-8H2,1-5H3. The van der Waals surface area contributed by atoms with E-state index in [0.29, 0.717) is 25.0 Å². The number of nitrogens with zero attached hydrogens (tertiary/aromatic N) is 1. The maximum atomic E-state index is 12.1. The van der Waals surface area contributed by atoms with E-state index < -0.39 is 0 Å². The van der Waals surface area contributed by atoms with Gasteiger partial charge in [-0.05, 0) is 11.8 Å². The third-order valence-electron chi connectivity index (χ3n) is 2.28. The van der Waals surface area contributed by atoms with Crippen LogP contribution in [-0.4, -0.2) is 42.4 Å². The van der Waals surface area contributed by atoms with E-state index in [1.165, 1.54) is 0 Å². The Labute approximate surface area is 108 Å². The summed E-state index contributed by atoms with van der Waals surface area (Å²) < 4.78 is 5.04. The van der Waals surface area contributed by atoms with Gasteiger partial charge in [0, 0.05) is 20.2 Å². The molecule has 16 heavy (non-hydrogen) atoms. The Kier molecular flexibility index (Phi) is 8.02. The van der Waals surface area contributed by atoms with Gasteiger partial charge >= 0.3 is 0 Å². The molecule has 96 valence electrons. The van der Waals surface area contributed by atoms with Crippen LogP contribution in [0.2, 0.25) is 0 Å². The smallest absolute Gasteiger partial charge is 0.236 e. The van der Waals surface area contributed by atoms with Crippen LogP contribution in [0.15, 0.2) is 0 Å². The fraction of sp³-hybridized carbons (Fsp3) is 0.917. The Morgan fingerprint density at radius 3 is 2.25 bits per heavy atom. The fourth-order valence-electron chi connectivity index (χ4n) is 1.39. The van der Waals surface area contributed by atoms with Crippen LogP contribution < -0.4 is 0 Å². The first-order valence-electron chi connectivity index (χ1n) is 5.81. The molecule has 0 saturated carbocycles. The first-order chi connectivity index (χ1) is 7.40. The highest BCUT2D eigenvalue weighted by Gasteiger charge is 2.24. The molecule has 0 saturated heterocycles. The van der Waals surface area contributed by atoms with Gasteiger partial charge < -0.3 is 9.64 Å². The van der Waals surface area contributed by atoms with Gasteiger partial charge in [-0.3, -0.25) is 4.79 Å². The Hall–Kier alpha value is -0.0900. The summed E-state index contributed by atoms with van der Waals surface area (Å²) in [5.74, 6) is 0.957. The Morgan fingerprint density at radius 2 is 1.88 bits per heavy atom. The quantitative estimate of drug-likeness (QED) is 0.675. The average Bonchev–Trinajstić information content (AvgIpc) is 2.21. The Morgan fingerprint density at radius 1 is 1.31 bits per heavy atom. The van der Waals surface area contributed by atoms with Crippen molar-refractivity contribution >= 4 is 21.8 Å². The molecule has 0 aromatic carbocycles. The van der Waals surface area contributed by atoms with Gasteiger partial charge in [-0.15, -0.1) is 0 Å². The van der Waals surface area contributed by atoms with E-state index in [4.69, 9.17) is 4.74 Å². The topological polar surface area (TPSA) is 29.5 Å². The van der Waals surface area contributed by atoms with Gasteiger partial charge in [0.15, 0.2) is 0 Å². The average molecular weight is 294 g/mol. The van der Waals surface area contributed by atoms with Crippen LogP contribution in [-0.2, 0) is 9.53 Å². The van der Waals surface area contributed by atoms with Crippen molar-refractivity contribution in [3.63, 3.8) is 0 Å². The van der Waals surface area contributed by atoms with E-state index in [1.807, 2.05) is 18.7 Å². The van der Waals surface area contributed by atoms with Gasteiger partial charge in [0.25, 0.3) is 0 Å². The van der Waals surface area contributed by atoms with Crippen molar-refractivity contribution in [3.05, 3.63) is 0 Å². The van der Waals surface area contributed by atoms with Crippen LogP contribution in [0.3, 0.4) is 0 Å². The number of halogens is 1. The summed E-state index contributed by atoms with van der Waals surface area (Å²) in [5, 5.41) is 0. The van der Waals surface area contributed by atoms with Crippen LogP contribution in [0, 0.1) is 11.8 Å². The van der Waals surface area contributed by atoms with Crippen LogP contribution in [0.1, 0.15) is 27.7 Å². The van der Waals surface area contributed by atoms with Crippen molar-refractivity contribution in [2.75, 3.05) is 26.8 Å². The molecule has 4 heteroatoms. The molecule has 1 amide bonds. The maximum absolute atomic E-state index is 12.1. The first-order valence-corrected chi connectivity index (χ1v) is 6.73. The predicted octanol–water partition coefficient (Wildman–Crippen LogP) is 2.54. The number of hydrogen-bond acceptors (Lipinski definition) is 2. The summed E-state index contributed by atoms with van der Waals surface area (Å²) >= 11 is 3.46. The molecular formula is C12H24BrNO2.